The molecule has 5 rings (SSSR count). The molecule has 0 bridgehead atoms. The van der Waals surface area contributed by atoms with Crippen molar-refractivity contribution in [1.82, 2.24) is 15.0 Å². The van der Waals surface area contributed by atoms with Gasteiger partial charge in [-0.1, -0.05) is 31.2 Å². The summed E-state index contributed by atoms with van der Waals surface area (Å²) in [5.74, 6) is 1.25. The lowest BCUT2D eigenvalue weighted by Gasteiger charge is -2.03. The van der Waals surface area contributed by atoms with Gasteiger partial charge in [0.2, 0.25) is 5.91 Å². The van der Waals surface area contributed by atoms with Crippen molar-refractivity contribution >= 4 is 55.7 Å². The molecule has 0 aliphatic heterocycles. The third kappa shape index (κ3) is 4.37. The minimum absolute atomic E-state index is 0.0586. The number of rotatable bonds is 7. The van der Waals surface area contributed by atoms with Crippen LogP contribution < -0.4 is 10.9 Å². The van der Waals surface area contributed by atoms with Crippen molar-refractivity contribution in [3.8, 4) is 11.3 Å². The molecular weight excluding hydrogens is 460 g/mol. The maximum absolute atomic E-state index is 12.5. The first kappa shape index (κ1) is 21.4. The van der Waals surface area contributed by atoms with E-state index in [9.17, 15) is 9.59 Å². The number of nitrogens with one attached hydrogen (secondary N) is 2. The summed E-state index contributed by atoms with van der Waals surface area (Å²) < 4.78 is 0. The number of H-pyrrole nitrogens is 1. The fourth-order valence-electron chi connectivity index (χ4n) is 3.89. The quantitative estimate of drug-likeness (QED) is 0.386. The molecule has 3 heterocycles. The Morgan fingerprint density at radius 2 is 2.06 bits per heavy atom. The van der Waals surface area contributed by atoms with Crippen molar-refractivity contribution < 1.29 is 4.79 Å². The molecule has 6 nitrogen and oxygen atoms in total. The lowest BCUT2D eigenvalue weighted by molar-refractivity contribution is -0.113. The molecule has 1 aliphatic carbocycles. The predicted octanol–water partition coefficient (Wildman–Crippen LogP) is 5.03. The van der Waals surface area contributed by atoms with E-state index < -0.39 is 0 Å². The van der Waals surface area contributed by atoms with E-state index >= 15 is 0 Å². The highest BCUT2D eigenvalue weighted by Gasteiger charge is 2.21. The molecule has 0 saturated carbocycles. The summed E-state index contributed by atoms with van der Waals surface area (Å²) in [5, 5.41) is 6.17. The van der Waals surface area contributed by atoms with Crippen LogP contribution >= 0.6 is 34.4 Å². The first-order chi connectivity index (χ1) is 15.6. The molecule has 0 radical (unpaired) electrons. The minimum atomic E-state index is -0.115. The fraction of sp³-hybridized carbons (Fsp3) is 0.304. The van der Waals surface area contributed by atoms with Gasteiger partial charge in [-0.3, -0.25) is 9.59 Å². The number of fused-ring (bicyclic) bond motifs is 3. The number of aromatic amines is 1. The Balaban J connectivity index is 1.17. The number of nitrogens with zero attached hydrogens (tertiary/aromatic N) is 2. The molecule has 0 fully saturated rings. The highest BCUT2D eigenvalue weighted by Crippen LogP contribution is 2.34. The maximum atomic E-state index is 12.5. The Labute approximate surface area is 197 Å². The SMILES string of the molecule is CCc1ccc(-c2csc(NC(=O)CSCc3nc4sc5c(c4c(=O)[nH]3)CCC5)n2)cc1. The Morgan fingerprint density at radius 3 is 2.88 bits per heavy atom. The van der Waals surface area contributed by atoms with Crippen molar-refractivity contribution in [3.05, 3.63) is 61.8 Å². The number of amides is 1. The second-order valence-electron chi connectivity index (χ2n) is 7.68. The van der Waals surface area contributed by atoms with E-state index in [4.69, 9.17) is 0 Å². The smallest absolute Gasteiger partial charge is 0.259 e. The summed E-state index contributed by atoms with van der Waals surface area (Å²) in [6, 6.07) is 8.32. The van der Waals surface area contributed by atoms with Crippen molar-refractivity contribution in [3.63, 3.8) is 0 Å². The molecule has 9 heteroatoms. The molecule has 0 unspecified atom stereocenters. The fourth-order valence-corrected chi connectivity index (χ4v) is 6.59. The van der Waals surface area contributed by atoms with E-state index in [1.807, 2.05) is 5.38 Å². The van der Waals surface area contributed by atoms with Gasteiger partial charge in [-0.15, -0.1) is 34.4 Å². The van der Waals surface area contributed by atoms with Crippen LogP contribution in [0.25, 0.3) is 21.5 Å². The number of thiophene rings is 1. The van der Waals surface area contributed by atoms with Gasteiger partial charge in [0, 0.05) is 15.8 Å². The van der Waals surface area contributed by atoms with Gasteiger partial charge in [-0.2, -0.15) is 0 Å². The van der Waals surface area contributed by atoms with Gasteiger partial charge in [-0.25, -0.2) is 9.97 Å². The van der Waals surface area contributed by atoms with Gasteiger partial charge >= 0.3 is 0 Å². The molecule has 1 amide bonds. The van der Waals surface area contributed by atoms with Gasteiger partial charge in [0.15, 0.2) is 5.13 Å². The Hall–Kier alpha value is -2.49. The van der Waals surface area contributed by atoms with Gasteiger partial charge in [0.25, 0.3) is 5.56 Å². The number of hydrogen-bond donors (Lipinski definition) is 2. The minimum Gasteiger partial charge on any atom is -0.309 e. The number of anilines is 1. The molecule has 32 heavy (non-hydrogen) atoms. The van der Waals surface area contributed by atoms with Crippen molar-refractivity contribution in [2.75, 3.05) is 11.1 Å². The second-order valence-corrected chi connectivity index (χ2v) is 10.6. The van der Waals surface area contributed by atoms with Crippen LogP contribution in [0.2, 0.25) is 0 Å². The summed E-state index contributed by atoms with van der Waals surface area (Å²) in [7, 11) is 0. The average molecular weight is 483 g/mol. The number of hydrogen-bond acceptors (Lipinski definition) is 7. The van der Waals surface area contributed by atoms with Crippen LogP contribution in [0.1, 0.15) is 35.2 Å². The van der Waals surface area contributed by atoms with Gasteiger partial charge in [0.1, 0.15) is 10.7 Å². The molecule has 164 valence electrons. The highest BCUT2D eigenvalue weighted by atomic mass is 32.2. The van der Waals surface area contributed by atoms with E-state index in [1.54, 1.807) is 11.3 Å². The average Bonchev–Trinajstić information content (AvgIpc) is 3.50. The third-order valence-electron chi connectivity index (χ3n) is 5.50. The van der Waals surface area contributed by atoms with Crippen molar-refractivity contribution in [1.29, 1.82) is 0 Å². The van der Waals surface area contributed by atoms with Gasteiger partial charge < -0.3 is 10.3 Å². The monoisotopic (exact) mass is 482 g/mol. The first-order valence-corrected chi connectivity index (χ1v) is 13.4. The van der Waals surface area contributed by atoms with E-state index in [-0.39, 0.29) is 17.2 Å². The van der Waals surface area contributed by atoms with E-state index in [0.29, 0.717) is 16.7 Å². The summed E-state index contributed by atoms with van der Waals surface area (Å²) in [5.41, 5.74) is 4.31. The van der Waals surface area contributed by atoms with Crippen LogP contribution in [0, 0.1) is 0 Å². The van der Waals surface area contributed by atoms with Crippen LogP contribution in [-0.2, 0) is 29.8 Å². The van der Waals surface area contributed by atoms with Crippen LogP contribution in [-0.4, -0.2) is 26.6 Å². The standard InChI is InChI=1S/C23H22N4O2S3/c1-2-13-6-8-14(9-7-13)16-10-31-23(24-16)27-19(28)12-30-11-18-25-21(29)20-15-4-3-5-17(15)32-22(20)26-18/h6-10H,2-5,11-12H2,1H3,(H,24,27,28)(H,25,26,29). The number of carbonyl (C=O) groups excluding carboxylic acids is 1. The lowest BCUT2D eigenvalue weighted by Crippen LogP contribution is -2.15. The Bertz CT molecular complexity index is 1340. The topological polar surface area (TPSA) is 87.7 Å². The lowest BCUT2D eigenvalue weighted by atomic mass is 10.1. The molecule has 2 N–H and O–H groups in total. The largest absolute Gasteiger partial charge is 0.309 e. The van der Waals surface area contributed by atoms with Crippen LogP contribution in [0.4, 0.5) is 5.13 Å². The Morgan fingerprint density at radius 1 is 1.22 bits per heavy atom. The molecule has 3 aromatic heterocycles. The Kier molecular flexibility index (Phi) is 6.12. The number of aryl methyl sites for hydroxylation is 3. The van der Waals surface area contributed by atoms with E-state index in [2.05, 4.69) is 51.5 Å². The van der Waals surface area contributed by atoms with Crippen molar-refractivity contribution in [2.45, 2.75) is 38.4 Å². The van der Waals surface area contributed by atoms with Crippen LogP contribution in [0.3, 0.4) is 0 Å². The van der Waals surface area contributed by atoms with E-state index in [0.717, 1.165) is 47.2 Å². The van der Waals surface area contributed by atoms with Gasteiger partial charge in [-0.05, 0) is 36.8 Å². The number of thiazole rings is 1. The number of carbonyl (C=O) groups is 1. The molecular formula is C23H22N4O2S3. The highest BCUT2D eigenvalue weighted by molar-refractivity contribution is 7.99. The molecule has 0 atom stereocenters. The molecule has 0 spiro atoms. The number of benzene rings is 1. The first-order valence-electron chi connectivity index (χ1n) is 10.6. The predicted molar refractivity (Wildman–Crippen MR) is 134 cm³/mol. The second kappa shape index (κ2) is 9.17. The zero-order chi connectivity index (χ0) is 22.1. The van der Waals surface area contributed by atoms with Crippen LogP contribution in [0.5, 0.6) is 0 Å². The maximum Gasteiger partial charge on any atom is 0.259 e. The molecule has 4 aromatic rings. The van der Waals surface area contributed by atoms with Crippen LogP contribution in [0.15, 0.2) is 34.4 Å². The molecule has 0 saturated heterocycles. The number of thioether (sulfide) groups is 1. The zero-order valence-electron chi connectivity index (χ0n) is 17.6. The summed E-state index contributed by atoms with van der Waals surface area (Å²) in [4.78, 5) is 39.1. The number of aromatic nitrogens is 3. The van der Waals surface area contributed by atoms with Gasteiger partial charge in [0.05, 0.1) is 22.6 Å². The summed E-state index contributed by atoms with van der Waals surface area (Å²) in [6.45, 7) is 2.13. The normalized spacial score (nSPS) is 12.9. The molecule has 1 aromatic carbocycles. The van der Waals surface area contributed by atoms with E-state index in [1.165, 1.54) is 39.1 Å². The van der Waals surface area contributed by atoms with Crippen molar-refractivity contribution in [2.24, 2.45) is 0 Å². The molecule has 1 aliphatic rings. The summed E-state index contributed by atoms with van der Waals surface area (Å²) >= 11 is 4.47. The zero-order valence-corrected chi connectivity index (χ0v) is 20.0. The third-order valence-corrected chi connectivity index (χ3v) is 8.39. The summed E-state index contributed by atoms with van der Waals surface area (Å²) in [6.07, 6.45) is 4.14.